The van der Waals surface area contributed by atoms with Gasteiger partial charge in [0.1, 0.15) is 19.0 Å². The maximum Gasteiger partial charge on any atom is 0.411 e. The van der Waals surface area contributed by atoms with Gasteiger partial charge in [-0.3, -0.25) is 10.1 Å². The first-order valence-electron chi connectivity index (χ1n) is 5.89. The molecule has 0 radical (unpaired) electrons. The van der Waals surface area contributed by atoms with E-state index in [1.165, 1.54) is 18.2 Å². The first kappa shape index (κ1) is 18.5. The van der Waals surface area contributed by atoms with Crippen LogP contribution in [0.5, 0.6) is 0 Å². The normalized spacial score (nSPS) is 10.9. The SMILES string of the molecule is CS(=O)(=O)CC(=O)OCCOC(=O)Nc1ccc(Cl)c(Cl)c1. The number of carbonyl (C=O) groups excluding carboxylic acids is 2. The maximum absolute atomic E-state index is 11.4. The lowest BCUT2D eigenvalue weighted by atomic mass is 10.3. The zero-order chi connectivity index (χ0) is 16.8. The Kier molecular flexibility index (Phi) is 6.92. The molecule has 1 aromatic carbocycles. The Labute approximate surface area is 137 Å². The van der Waals surface area contributed by atoms with Crippen molar-refractivity contribution >= 4 is 50.8 Å². The fourth-order valence-electron chi connectivity index (χ4n) is 1.27. The second kappa shape index (κ2) is 8.21. The van der Waals surface area contributed by atoms with E-state index in [4.69, 9.17) is 27.9 Å². The summed E-state index contributed by atoms with van der Waals surface area (Å²) < 4.78 is 31.0. The van der Waals surface area contributed by atoms with Gasteiger partial charge in [-0.05, 0) is 18.2 Å². The molecule has 0 bridgehead atoms. The summed E-state index contributed by atoms with van der Waals surface area (Å²) in [6, 6.07) is 4.48. The number of hydrogen-bond donors (Lipinski definition) is 1. The number of nitrogens with one attached hydrogen (secondary N) is 1. The van der Waals surface area contributed by atoms with E-state index >= 15 is 0 Å². The van der Waals surface area contributed by atoms with Crippen molar-refractivity contribution < 1.29 is 27.5 Å². The highest BCUT2D eigenvalue weighted by atomic mass is 35.5. The van der Waals surface area contributed by atoms with Crippen molar-refractivity contribution in [2.75, 3.05) is 30.5 Å². The first-order chi connectivity index (χ1) is 10.2. The molecule has 122 valence electrons. The first-order valence-corrected chi connectivity index (χ1v) is 8.71. The van der Waals surface area contributed by atoms with Gasteiger partial charge in [0.05, 0.1) is 10.0 Å². The van der Waals surface area contributed by atoms with Gasteiger partial charge in [0.2, 0.25) is 0 Å². The largest absolute Gasteiger partial charge is 0.461 e. The second-order valence-corrected chi connectivity index (χ2v) is 7.13. The molecule has 7 nitrogen and oxygen atoms in total. The topological polar surface area (TPSA) is 98.8 Å². The molecule has 0 spiro atoms. The Balaban J connectivity index is 2.29. The molecule has 1 N–H and O–H groups in total. The lowest BCUT2D eigenvalue weighted by molar-refractivity contribution is -0.141. The van der Waals surface area contributed by atoms with Crippen molar-refractivity contribution in [1.29, 1.82) is 0 Å². The van der Waals surface area contributed by atoms with Gasteiger partial charge in [0, 0.05) is 11.9 Å². The highest BCUT2D eigenvalue weighted by Gasteiger charge is 2.12. The van der Waals surface area contributed by atoms with E-state index in [0.717, 1.165) is 6.26 Å². The van der Waals surface area contributed by atoms with E-state index in [-0.39, 0.29) is 18.2 Å². The van der Waals surface area contributed by atoms with Crippen LogP contribution in [0.2, 0.25) is 10.0 Å². The van der Waals surface area contributed by atoms with E-state index < -0.39 is 27.7 Å². The minimum atomic E-state index is -3.44. The zero-order valence-corrected chi connectivity index (χ0v) is 13.8. The number of benzene rings is 1. The molecule has 0 unspecified atom stereocenters. The number of rotatable bonds is 6. The molecular weight excluding hydrogens is 357 g/mol. The molecule has 0 heterocycles. The third-order valence-electron chi connectivity index (χ3n) is 2.13. The van der Waals surface area contributed by atoms with Gasteiger partial charge < -0.3 is 9.47 Å². The van der Waals surface area contributed by atoms with Crippen LogP contribution in [0.15, 0.2) is 18.2 Å². The quantitative estimate of drug-likeness (QED) is 0.609. The van der Waals surface area contributed by atoms with Gasteiger partial charge >= 0.3 is 12.1 Å². The average molecular weight is 370 g/mol. The predicted molar refractivity (Wildman–Crippen MR) is 82.1 cm³/mol. The van der Waals surface area contributed by atoms with Crippen LogP contribution in [0, 0.1) is 0 Å². The lowest BCUT2D eigenvalue weighted by Crippen LogP contribution is -2.21. The number of sulfone groups is 1. The molecule has 1 aromatic rings. The Bertz CT molecular complexity index is 662. The van der Waals surface area contributed by atoms with Gasteiger partial charge in [-0.15, -0.1) is 0 Å². The Morgan fingerprint density at radius 1 is 1.14 bits per heavy atom. The lowest BCUT2D eigenvalue weighted by Gasteiger charge is -2.08. The standard InChI is InChI=1S/C12H13Cl2NO6S/c1-22(18,19)7-11(16)20-4-5-21-12(17)15-8-2-3-9(13)10(14)6-8/h2-3,6H,4-5,7H2,1H3,(H,15,17). The minimum absolute atomic E-state index is 0.220. The third kappa shape index (κ3) is 7.48. The molecule has 0 saturated heterocycles. The van der Waals surface area contributed by atoms with Crippen molar-refractivity contribution in [3.8, 4) is 0 Å². The molecule has 0 aliphatic carbocycles. The van der Waals surface area contributed by atoms with E-state index in [9.17, 15) is 18.0 Å². The zero-order valence-electron chi connectivity index (χ0n) is 11.5. The highest BCUT2D eigenvalue weighted by molar-refractivity contribution is 7.91. The molecule has 10 heteroatoms. The number of amides is 1. The number of hydrogen-bond acceptors (Lipinski definition) is 6. The Morgan fingerprint density at radius 2 is 1.77 bits per heavy atom. The summed E-state index contributed by atoms with van der Waals surface area (Å²) in [5, 5.41) is 3.01. The van der Waals surface area contributed by atoms with Crippen LogP contribution in [0.3, 0.4) is 0 Å². The number of carbonyl (C=O) groups is 2. The number of halogens is 2. The summed E-state index contributed by atoms with van der Waals surface area (Å²) in [6.45, 7) is -0.466. The van der Waals surface area contributed by atoms with Crippen LogP contribution in [-0.4, -0.2) is 45.7 Å². The second-order valence-electron chi connectivity index (χ2n) is 4.18. The molecule has 1 amide bonds. The van der Waals surface area contributed by atoms with Crippen LogP contribution in [0.4, 0.5) is 10.5 Å². The smallest absolute Gasteiger partial charge is 0.411 e. The summed E-state index contributed by atoms with van der Waals surface area (Å²) in [6.07, 6.45) is 0.132. The van der Waals surface area contributed by atoms with Gasteiger partial charge in [-0.25, -0.2) is 13.2 Å². The van der Waals surface area contributed by atoms with Crippen LogP contribution >= 0.6 is 23.2 Å². The summed E-state index contributed by atoms with van der Waals surface area (Å²) in [5.41, 5.74) is 0.383. The van der Waals surface area contributed by atoms with E-state index in [1.54, 1.807) is 0 Å². The van der Waals surface area contributed by atoms with Crippen LogP contribution in [0.25, 0.3) is 0 Å². The summed E-state index contributed by atoms with van der Waals surface area (Å²) in [4.78, 5) is 22.5. The Morgan fingerprint density at radius 3 is 2.36 bits per heavy atom. The summed E-state index contributed by atoms with van der Waals surface area (Å²) in [7, 11) is -3.44. The van der Waals surface area contributed by atoms with Crippen LogP contribution in [-0.2, 0) is 24.1 Å². The molecule has 22 heavy (non-hydrogen) atoms. The van der Waals surface area contributed by atoms with Gasteiger partial charge in [-0.1, -0.05) is 23.2 Å². The van der Waals surface area contributed by atoms with Crippen LogP contribution in [0.1, 0.15) is 0 Å². The molecular formula is C12H13Cl2NO6S. The number of ether oxygens (including phenoxy) is 2. The summed E-state index contributed by atoms with van der Waals surface area (Å²) in [5.74, 6) is -1.63. The van der Waals surface area contributed by atoms with Crippen molar-refractivity contribution in [3.05, 3.63) is 28.2 Å². The summed E-state index contributed by atoms with van der Waals surface area (Å²) >= 11 is 11.5. The highest BCUT2D eigenvalue weighted by Crippen LogP contribution is 2.24. The fourth-order valence-corrected chi connectivity index (χ4v) is 2.08. The van der Waals surface area contributed by atoms with Gasteiger partial charge in [0.15, 0.2) is 9.84 Å². The van der Waals surface area contributed by atoms with E-state index in [2.05, 4.69) is 10.1 Å². The van der Waals surface area contributed by atoms with Crippen LogP contribution < -0.4 is 5.32 Å². The monoisotopic (exact) mass is 369 g/mol. The molecule has 0 saturated carbocycles. The molecule has 1 rings (SSSR count). The average Bonchev–Trinajstić information content (AvgIpc) is 2.37. The molecule has 0 fully saturated rings. The predicted octanol–water partition coefficient (Wildman–Crippen LogP) is 2.13. The molecule has 0 atom stereocenters. The molecule has 0 aromatic heterocycles. The molecule has 0 aliphatic rings. The van der Waals surface area contributed by atoms with E-state index in [0.29, 0.717) is 10.7 Å². The molecule has 0 aliphatic heterocycles. The van der Waals surface area contributed by atoms with Crippen molar-refractivity contribution in [2.24, 2.45) is 0 Å². The van der Waals surface area contributed by atoms with Gasteiger partial charge in [0.25, 0.3) is 0 Å². The minimum Gasteiger partial charge on any atom is -0.461 e. The van der Waals surface area contributed by atoms with E-state index in [1.807, 2.05) is 0 Å². The third-order valence-corrected chi connectivity index (χ3v) is 3.62. The maximum atomic E-state index is 11.4. The Hall–Kier alpha value is -1.51. The van der Waals surface area contributed by atoms with Crippen molar-refractivity contribution in [3.63, 3.8) is 0 Å². The number of anilines is 1. The van der Waals surface area contributed by atoms with Crippen molar-refractivity contribution in [2.45, 2.75) is 0 Å². The van der Waals surface area contributed by atoms with Gasteiger partial charge in [-0.2, -0.15) is 0 Å². The fraction of sp³-hybridized carbons (Fsp3) is 0.333. The number of esters is 1. The van der Waals surface area contributed by atoms with Crippen molar-refractivity contribution in [1.82, 2.24) is 0 Å².